The summed E-state index contributed by atoms with van der Waals surface area (Å²) in [6.07, 6.45) is 3.88. The topological polar surface area (TPSA) is 39.2 Å². The van der Waals surface area contributed by atoms with Crippen LogP contribution in [0.4, 0.5) is 0 Å². The zero-order valence-corrected chi connectivity index (χ0v) is 9.28. The third-order valence-electron chi connectivity index (χ3n) is 2.81. The van der Waals surface area contributed by atoms with Gasteiger partial charge in [-0.05, 0) is 24.0 Å². The highest BCUT2D eigenvalue weighted by Gasteiger charge is 2.26. The van der Waals surface area contributed by atoms with Crippen LogP contribution in [0.2, 0.25) is 0 Å². The highest BCUT2D eigenvalue weighted by Crippen LogP contribution is 2.31. The summed E-state index contributed by atoms with van der Waals surface area (Å²) in [7, 11) is 0. The largest absolute Gasteiger partial charge is 0.457 e. The van der Waals surface area contributed by atoms with Crippen molar-refractivity contribution in [3.63, 3.8) is 0 Å². The first-order valence-corrected chi connectivity index (χ1v) is 5.25. The lowest BCUT2D eigenvalue weighted by Crippen LogP contribution is -2.21. The summed E-state index contributed by atoms with van der Waals surface area (Å²) in [6, 6.07) is 0. The summed E-state index contributed by atoms with van der Waals surface area (Å²) in [6.45, 7) is 6.12. The molecule has 1 unspecified atom stereocenters. The number of hydrogen-bond acceptors (Lipinski definition) is 3. The van der Waals surface area contributed by atoms with E-state index in [2.05, 4.69) is 18.8 Å². The Labute approximate surface area is 89.5 Å². The lowest BCUT2D eigenvalue weighted by atomic mass is 9.91. The lowest BCUT2D eigenvalue weighted by molar-refractivity contribution is -0.149. The molecule has 0 saturated heterocycles. The Morgan fingerprint density at radius 3 is 2.87 bits per heavy atom. The molecule has 1 aliphatic heterocycles. The molecule has 0 aliphatic carbocycles. The van der Waals surface area contributed by atoms with E-state index in [4.69, 9.17) is 4.74 Å². The van der Waals surface area contributed by atoms with Gasteiger partial charge in [-0.3, -0.25) is 9.78 Å². The Balaban J connectivity index is 2.54. The van der Waals surface area contributed by atoms with E-state index in [1.165, 1.54) is 0 Å². The van der Waals surface area contributed by atoms with Crippen LogP contribution in [0, 0.1) is 0 Å². The summed E-state index contributed by atoms with van der Waals surface area (Å²) in [5.41, 5.74) is 3.33. The zero-order chi connectivity index (χ0) is 11.0. The third-order valence-corrected chi connectivity index (χ3v) is 2.81. The highest BCUT2D eigenvalue weighted by atomic mass is 16.5. The van der Waals surface area contributed by atoms with Gasteiger partial charge in [0.05, 0.1) is 6.42 Å². The van der Waals surface area contributed by atoms with E-state index in [0.29, 0.717) is 12.3 Å². The van der Waals surface area contributed by atoms with Gasteiger partial charge in [0.2, 0.25) is 0 Å². The second-order valence-corrected chi connectivity index (χ2v) is 4.26. The van der Waals surface area contributed by atoms with Crippen molar-refractivity contribution in [3.8, 4) is 0 Å². The van der Waals surface area contributed by atoms with Crippen LogP contribution in [0.25, 0.3) is 0 Å². The fraction of sp³-hybridized carbons (Fsp3) is 0.500. The van der Waals surface area contributed by atoms with Crippen LogP contribution >= 0.6 is 0 Å². The smallest absolute Gasteiger partial charge is 0.310 e. The van der Waals surface area contributed by atoms with Crippen molar-refractivity contribution >= 4 is 5.97 Å². The number of aromatic nitrogens is 1. The van der Waals surface area contributed by atoms with Gasteiger partial charge in [0.25, 0.3) is 0 Å². The molecule has 0 saturated carbocycles. The summed E-state index contributed by atoms with van der Waals surface area (Å²) in [4.78, 5) is 15.6. The van der Waals surface area contributed by atoms with Crippen LogP contribution in [-0.4, -0.2) is 11.0 Å². The molecule has 2 rings (SSSR count). The molecule has 0 spiro atoms. The molecular formula is C12H15NO2. The monoisotopic (exact) mass is 205 g/mol. The number of rotatable bonds is 1. The number of fused-ring (bicyclic) bond motifs is 1. The molecule has 0 N–H and O–H groups in total. The molecule has 1 aliphatic rings. The predicted molar refractivity (Wildman–Crippen MR) is 56.5 cm³/mol. The van der Waals surface area contributed by atoms with Gasteiger partial charge in [-0.25, -0.2) is 0 Å². The standard InChI is InChI=1S/C12H15NO2/c1-7(2)10-5-13-6-11-8(3)15-12(14)4-9(10)11/h5-8H,4H2,1-3H3. The van der Waals surface area contributed by atoms with Crippen LogP contribution in [0.15, 0.2) is 12.4 Å². The van der Waals surface area contributed by atoms with Crippen molar-refractivity contribution in [3.05, 3.63) is 29.1 Å². The molecule has 0 radical (unpaired) electrons. The average molecular weight is 205 g/mol. The average Bonchev–Trinajstić information content (AvgIpc) is 2.16. The van der Waals surface area contributed by atoms with Gasteiger partial charge in [-0.15, -0.1) is 0 Å². The minimum absolute atomic E-state index is 0.136. The Kier molecular flexibility index (Phi) is 2.47. The normalized spacial score (nSPS) is 20.0. The van der Waals surface area contributed by atoms with Crippen molar-refractivity contribution < 1.29 is 9.53 Å². The lowest BCUT2D eigenvalue weighted by Gasteiger charge is -2.25. The fourth-order valence-electron chi connectivity index (χ4n) is 2.02. The SMILES string of the molecule is CC(C)c1cncc2c1CC(=O)OC2C. The van der Waals surface area contributed by atoms with Crippen LogP contribution in [0.5, 0.6) is 0 Å². The van der Waals surface area contributed by atoms with Gasteiger partial charge in [0.1, 0.15) is 6.10 Å². The number of carbonyl (C=O) groups excluding carboxylic acids is 1. The van der Waals surface area contributed by atoms with Crippen molar-refractivity contribution in [1.29, 1.82) is 0 Å². The van der Waals surface area contributed by atoms with E-state index in [1.54, 1.807) is 6.20 Å². The highest BCUT2D eigenvalue weighted by molar-refractivity contribution is 5.75. The van der Waals surface area contributed by atoms with Gasteiger partial charge in [-0.1, -0.05) is 13.8 Å². The molecule has 0 bridgehead atoms. The van der Waals surface area contributed by atoms with Crippen LogP contribution in [-0.2, 0) is 16.0 Å². The summed E-state index contributed by atoms with van der Waals surface area (Å²) >= 11 is 0. The summed E-state index contributed by atoms with van der Waals surface area (Å²) in [5.74, 6) is 0.258. The molecule has 1 atom stereocenters. The molecule has 2 heterocycles. The van der Waals surface area contributed by atoms with E-state index in [0.717, 1.165) is 16.7 Å². The second kappa shape index (κ2) is 3.65. The van der Waals surface area contributed by atoms with Gasteiger partial charge in [0, 0.05) is 18.0 Å². The van der Waals surface area contributed by atoms with Gasteiger partial charge >= 0.3 is 5.97 Å². The molecule has 0 fully saturated rings. The maximum absolute atomic E-state index is 11.4. The Morgan fingerprint density at radius 2 is 2.20 bits per heavy atom. The first kappa shape index (κ1) is 10.1. The molecule has 0 aromatic carbocycles. The summed E-state index contributed by atoms with van der Waals surface area (Å²) < 4.78 is 5.17. The van der Waals surface area contributed by atoms with Crippen molar-refractivity contribution in [2.45, 2.75) is 39.2 Å². The Bertz CT molecular complexity index is 384. The first-order valence-electron chi connectivity index (χ1n) is 5.25. The number of pyridine rings is 1. The van der Waals surface area contributed by atoms with Crippen LogP contribution < -0.4 is 0 Å². The fourth-order valence-corrected chi connectivity index (χ4v) is 2.02. The number of hydrogen-bond donors (Lipinski definition) is 0. The maximum Gasteiger partial charge on any atom is 0.310 e. The number of carbonyl (C=O) groups is 1. The number of cyclic esters (lactones) is 1. The molecule has 1 aromatic rings. The zero-order valence-electron chi connectivity index (χ0n) is 9.28. The van der Waals surface area contributed by atoms with E-state index < -0.39 is 0 Å². The van der Waals surface area contributed by atoms with Gasteiger partial charge < -0.3 is 4.74 Å². The molecule has 1 aromatic heterocycles. The minimum Gasteiger partial charge on any atom is -0.457 e. The van der Waals surface area contributed by atoms with E-state index in [-0.39, 0.29) is 12.1 Å². The number of ether oxygens (including phenoxy) is 1. The molecule has 15 heavy (non-hydrogen) atoms. The number of nitrogens with zero attached hydrogens (tertiary/aromatic N) is 1. The first-order chi connectivity index (χ1) is 7.09. The molecular weight excluding hydrogens is 190 g/mol. The molecule has 80 valence electrons. The molecule has 3 heteroatoms. The van der Waals surface area contributed by atoms with Crippen LogP contribution in [0.1, 0.15) is 49.5 Å². The molecule has 3 nitrogen and oxygen atoms in total. The predicted octanol–water partition coefficient (Wildman–Crippen LogP) is 2.37. The van der Waals surface area contributed by atoms with E-state index in [1.807, 2.05) is 13.1 Å². The molecule has 0 amide bonds. The Morgan fingerprint density at radius 1 is 1.47 bits per heavy atom. The van der Waals surface area contributed by atoms with Crippen molar-refractivity contribution in [1.82, 2.24) is 4.98 Å². The maximum atomic E-state index is 11.4. The van der Waals surface area contributed by atoms with E-state index >= 15 is 0 Å². The van der Waals surface area contributed by atoms with Crippen molar-refractivity contribution in [2.24, 2.45) is 0 Å². The number of esters is 1. The van der Waals surface area contributed by atoms with E-state index in [9.17, 15) is 4.79 Å². The third kappa shape index (κ3) is 1.74. The Hall–Kier alpha value is -1.38. The quantitative estimate of drug-likeness (QED) is 0.661. The van der Waals surface area contributed by atoms with Gasteiger partial charge in [-0.2, -0.15) is 0 Å². The minimum atomic E-state index is -0.160. The second-order valence-electron chi connectivity index (χ2n) is 4.26. The van der Waals surface area contributed by atoms with Crippen molar-refractivity contribution in [2.75, 3.05) is 0 Å². The van der Waals surface area contributed by atoms with Gasteiger partial charge in [0.15, 0.2) is 0 Å². The summed E-state index contributed by atoms with van der Waals surface area (Å²) in [5, 5.41) is 0. The van der Waals surface area contributed by atoms with Crippen LogP contribution in [0.3, 0.4) is 0 Å².